The van der Waals surface area contributed by atoms with Crippen molar-refractivity contribution >= 4 is 17.5 Å². The fourth-order valence-corrected chi connectivity index (χ4v) is 3.79. The number of methoxy groups -OCH3 is 1. The zero-order valence-corrected chi connectivity index (χ0v) is 19.3. The lowest BCUT2D eigenvalue weighted by Crippen LogP contribution is -2.40. The summed E-state index contributed by atoms with van der Waals surface area (Å²) in [4.78, 5) is 27.1. The largest absolute Gasteiger partial charge is 0.497 e. The van der Waals surface area contributed by atoms with Gasteiger partial charge in [0.15, 0.2) is 6.10 Å². The average molecular weight is 461 g/mol. The van der Waals surface area contributed by atoms with Crippen LogP contribution in [0.2, 0.25) is 0 Å². The SMILES string of the molecule is COc1ccc(CC(=O)Nc2ccc3c(c2)CN(CCOc2ccccc2)C(=O)[C@H](C)O3)cc1. The van der Waals surface area contributed by atoms with Crippen LogP contribution in [0, 0.1) is 0 Å². The molecule has 0 spiro atoms. The van der Waals surface area contributed by atoms with Crippen LogP contribution in [0.3, 0.4) is 0 Å². The van der Waals surface area contributed by atoms with Crippen LogP contribution in [0.4, 0.5) is 5.69 Å². The Labute approximate surface area is 199 Å². The molecule has 0 saturated carbocycles. The van der Waals surface area contributed by atoms with E-state index in [0.717, 1.165) is 22.6 Å². The number of nitrogens with one attached hydrogen (secondary N) is 1. The molecule has 1 aliphatic heterocycles. The molecule has 1 N–H and O–H groups in total. The van der Waals surface area contributed by atoms with Gasteiger partial charge in [-0.3, -0.25) is 9.59 Å². The second kappa shape index (κ2) is 10.7. The summed E-state index contributed by atoms with van der Waals surface area (Å²) < 4.78 is 16.8. The van der Waals surface area contributed by atoms with Crippen molar-refractivity contribution in [1.29, 1.82) is 0 Å². The lowest BCUT2D eigenvalue weighted by Gasteiger charge is -2.22. The summed E-state index contributed by atoms with van der Waals surface area (Å²) in [6, 6.07) is 22.3. The van der Waals surface area contributed by atoms with Crippen LogP contribution in [0.15, 0.2) is 72.8 Å². The van der Waals surface area contributed by atoms with Crippen molar-refractivity contribution in [2.24, 2.45) is 0 Å². The predicted octanol–water partition coefficient (Wildman–Crippen LogP) is 4.06. The molecule has 1 aliphatic rings. The van der Waals surface area contributed by atoms with E-state index in [1.54, 1.807) is 31.1 Å². The number of hydrogen-bond acceptors (Lipinski definition) is 5. The van der Waals surface area contributed by atoms with Crippen LogP contribution >= 0.6 is 0 Å². The van der Waals surface area contributed by atoms with Gasteiger partial charge in [0, 0.05) is 17.8 Å². The Morgan fingerprint density at radius 2 is 1.82 bits per heavy atom. The summed E-state index contributed by atoms with van der Waals surface area (Å²) in [7, 11) is 1.61. The molecule has 3 aromatic rings. The molecule has 3 aromatic carbocycles. The summed E-state index contributed by atoms with van der Waals surface area (Å²) in [5.41, 5.74) is 2.38. The van der Waals surface area contributed by atoms with E-state index in [9.17, 15) is 9.59 Å². The molecule has 4 rings (SSSR count). The van der Waals surface area contributed by atoms with E-state index in [1.165, 1.54) is 0 Å². The van der Waals surface area contributed by atoms with Crippen LogP contribution in [0.25, 0.3) is 0 Å². The van der Waals surface area contributed by atoms with Gasteiger partial charge < -0.3 is 24.4 Å². The number of amides is 2. The normalized spacial score (nSPS) is 15.1. The molecule has 2 amide bonds. The Kier molecular flexibility index (Phi) is 7.32. The summed E-state index contributed by atoms with van der Waals surface area (Å²) >= 11 is 0. The third-order valence-electron chi connectivity index (χ3n) is 5.57. The van der Waals surface area contributed by atoms with Crippen LogP contribution in [0.1, 0.15) is 18.1 Å². The fourth-order valence-electron chi connectivity index (χ4n) is 3.79. The Hall–Kier alpha value is -4.00. The topological polar surface area (TPSA) is 77.1 Å². The van der Waals surface area contributed by atoms with Crippen LogP contribution < -0.4 is 19.5 Å². The van der Waals surface area contributed by atoms with Gasteiger partial charge in [0.1, 0.15) is 23.9 Å². The van der Waals surface area contributed by atoms with Crippen molar-refractivity contribution in [2.45, 2.75) is 26.0 Å². The number of carbonyl (C=O) groups excluding carboxylic acids is 2. The van der Waals surface area contributed by atoms with E-state index in [0.29, 0.717) is 31.1 Å². The first-order valence-electron chi connectivity index (χ1n) is 11.2. The van der Waals surface area contributed by atoms with Crippen molar-refractivity contribution in [3.8, 4) is 17.2 Å². The summed E-state index contributed by atoms with van der Waals surface area (Å²) in [6.07, 6.45) is -0.357. The van der Waals surface area contributed by atoms with Gasteiger partial charge in [-0.05, 0) is 55.0 Å². The summed E-state index contributed by atoms with van der Waals surface area (Å²) in [5.74, 6) is 1.92. The number of anilines is 1. The predicted molar refractivity (Wildman–Crippen MR) is 129 cm³/mol. The number of ether oxygens (including phenoxy) is 3. The smallest absolute Gasteiger partial charge is 0.263 e. The number of benzene rings is 3. The molecule has 176 valence electrons. The minimum Gasteiger partial charge on any atom is -0.497 e. The van der Waals surface area contributed by atoms with E-state index in [1.807, 2.05) is 60.7 Å². The molecule has 7 nitrogen and oxygen atoms in total. The molecule has 7 heteroatoms. The van der Waals surface area contributed by atoms with Crippen molar-refractivity contribution in [3.63, 3.8) is 0 Å². The first kappa shape index (κ1) is 23.2. The van der Waals surface area contributed by atoms with Gasteiger partial charge in [-0.15, -0.1) is 0 Å². The number of para-hydroxylation sites is 1. The molecule has 34 heavy (non-hydrogen) atoms. The summed E-state index contributed by atoms with van der Waals surface area (Å²) in [5, 5.41) is 2.94. The zero-order chi connectivity index (χ0) is 23.9. The molecule has 0 bridgehead atoms. The van der Waals surface area contributed by atoms with Gasteiger partial charge in [-0.1, -0.05) is 30.3 Å². The quantitative estimate of drug-likeness (QED) is 0.549. The fraction of sp³-hybridized carbons (Fsp3) is 0.259. The molecule has 0 fully saturated rings. The number of carbonyl (C=O) groups is 2. The van der Waals surface area contributed by atoms with Gasteiger partial charge in [0.2, 0.25) is 5.91 Å². The van der Waals surface area contributed by atoms with Crippen LogP contribution in [0.5, 0.6) is 17.2 Å². The highest BCUT2D eigenvalue weighted by Crippen LogP contribution is 2.29. The molecule has 0 saturated heterocycles. The zero-order valence-electron chi connectivity index (χ0n) is 19.3. The minimum atomic E-state index is -0.603. The van der Waals surface area contributed by atoms with Gasteiger partial charge in [0.25, 0.3) is 5.91 Å². The van der Waals surface area contributed by atoms with Gasteiger partial charge in [-0.2, -0.15) is 0 Å². The first-order chi connectivity index (χ1) is 16.5. The average Bonchev–Trinajstić information content (AvgIpc) is 2.96. The highest BCUT2D eigenvalue weighted by atomic mass is 16.5. The van der Waals surface area contributed by atoms with Crippen molar-refractivity contribution in [3.05, 3.63) is 83.9 Å². The van der Waals surface area contributed by atoms with E-state index in [4.69, 9.17) is 14.2 Å². The standard InChI is InChI=1S/C27H28N2O5/c1-19-27(31)29(14-15-33-24-6-4-3-5-7-24)18-21-17-22(10-13-25(21)34-19)28-26(30)16-20-8-11-23(32-2)12-9-20/h3-13,17,19H,14-16,18H2,1-2H3,(H,28,30)/t19-/m0/s1. The Morgan fingerprint density at radius 1 is 1.06 bits per heavy atom. The third kappa shape index (κ3) is 5.86. The van der Waals surface area contributed by atoms with Crippen LogP contribution in [-0.2, 0) is 22.6 Å². The van der Waals surface area contributed by atoms with Crippen molar-refractivity contribution in [2.75, 3.05) is 25.6 Å². The second-order valence-corrected chi connectivity index (χ2v) is 8.08. The van der Waals surface area contributed by atoms with E-state index >= 15 is 0 Å². The molecule has 0 radical (unpaired) electrons. The number of hydrogen-bond donors (Lipinski definition) is 1. The Morgan fingerprint density at radius 3 is 2.56 bits per heavy atom. The van der Waals surface area contributed by atoms with Crippen LogP contribution in [-0.4, -0.2) is 43.1 Å². The minimum absolute atomic E-state index is 0.0991. The highest BCUT2D eigenvalue weighted by Gasteiger charge is 2.28. The maximum Gasteiger partial charge on any atom is 0.263 e. The molecule has 0 aromatic heterocycles. The van der Waals surface area contributed by atoms with Gasteiger partial charge in [0.05, 0.1) is 20.1 Å². The third-order valence-corrected chi connectivity index (χ3v) is 5.57. The lowest BCUT2D eigenvalue weighted by atomic mass is 10.1. The monoisotopic (exact) mass is 460 g/mol. The van der Waals surface area contributed by atoms with Gasteiger partial charge >= 0.3 is 0 Å². The van der Waals surface area contributed by atoms with Crippen molar-refractivity contribution in [1.82, 2.24) is 4.90 Å². The number of rotatable bonds is 8. The second-order valence-electron chi connectivity index (χ2n) is 8.08. The molecule has 0 unspecified atom stereocenters. The molecular formula is C27H28N2O5. The molecule has 1 heterocycles. The maximum atomic E-state index is 12.8. The first-order valence-corrected chi connectivity index (χ1v) is 11.2. The van der Waals surface area contributed by atoms with Crippen molar-refractivity contribution < 1.29 is 23.8 Å². The maximum absolute atomic E-state index is 12.8. The molecule has 1 atom stereocenters. The van der Waals surface area contributed by atoms with E-state index in [2.05, 4.69) is 5.32 Å². The number of fused-ring (bicyclic) bond motifs is 1. The molecular weight excluding hydrogens is 432 g/mol. The molecule has 0 aliphatic carbocycles. The highest BCUT2D eigenvalue weighted by molar-refractivity contribution is 5.92. The van der Waals surface area contributed by atoms with E-state index in [-0.39, 0.29) is 18.2 Å². The Balaban J connectivity index is 1.40. The summed E-state index contributed by atoms with van der Waals surface area (Å²) in [6.45, 7) is 2.91. The number of nitrogens with zero attached hydrogens (tertiary/aromatic N) is 1. The van der Waals surface area contributed by atoms with Gasteiger partial charge in [-0.25, -0.2) is 0 Å². The Bertz CT molecular complexity index is 1130. The lowest BCUT2D eigenvalue weighted by molar-refractivity contribution is -0.138. The van der Waals surface area contributed by atoms with E-state index < -0.39 is 6.10 Å².